The third-order valence-corrected chi connectivity index (χ3v) is 8.15. The number of esters is 1. The van der Waals surface area contributed by atoms with Crippen molar-refractivity contribution in [3.05, 3.63) is 77.0 Å². The second-order valence-electron chi connectivity index (χ2n) is 10.4. The van der Waals surface area contributed by atoms with Crippen molar-refractivity contribution >= 4 is 11.7 Å². The largest absolute Gasteiger partial charge is 0.466 e. The van der Waals surface area contributed by atoms with Crippen LogP contribution in [0.5, 0.6) is 0 Å². The molecule has 6 rings (SSSR count). The Morgan fingerprint density at radius 3 is 2.65 bits per heavy atom. The van der Waals surface area contributed by atoms with Crippen molar-refractivity contribution in [3.8, 4) is 0 Å². The van der Waals surface area contributed by atoms with Crippen LogP contribution in [0.25, 0.3) is 0 Å². The number of anilines is 1. The first kappa shape index (κ1) is 21.8. The number of para-hydroxylation sites is 1. The van der Waals surface area contributed by atoms with Crippen molar-refractivity contribution in [2.75, 3.05) is 25.6 Å². The zero-order valence-corrected chi connectivity index (χ0v) is 20.0. The Labute approximate surface area is 200 Å². The number of hydrogen-bond donors (Lipinski definition) is 1. The minimum atomic E-state index is -0.656. The summed E-state index contributed by atoms with van der Waals surface area (Å²) in [5.74, 6) is -1.04. The lowest BCUT2D eigenvalue weighted by Crippen LogP contribution is -2.51. The Bertz CT molecular complexity index is 1140. The number of fused-ring (bicyclic) bond motifs is 1. The average Bonchev–Trinajstić information content (AvgIpc) is 3.50. The SMILES string of the molecule is COC(=O)C1=C2Nc3ccccc3C23CCN(Cc2ccccc2)C3CC1C1COC(C)(C)O1. The van der Waals surface area contributed by atoms with Crippen LogP contribution in [0.4, 0.5) is 5.69 Å². The van der Waals surface area contributed by atoms with Crippen molar-refractivity contribution in [2.45, 2.75) is 56.6 Å². The molecule has 2 aromatic rings. The van der Waals surface area contributed by atoms with E-state index in [0.29, 0.717) is 6.61 Å². The van der Waals surface area contributed by atoms with Crippen molar-refractivity contribution in [1.29, 1.82) is 0 Å². The number of carbonyl (C=O) groups is 1. The van der Waals surface area contributed by atoms with Crippen LogP contribution < -0.4 is 5.32 Å². The number of likely N-dealkylation sites (tertiary alicyclic amines) is 1. The zero-order valence-electron chi connectivity index (χ0n) is 20.0. The van der Waals surface area contributed by atoms with E-state index >= 15 is 0 Å². The van der Waals surface area contributed by atoms with E-state index in [1.54, 1.807) is 0 Å². The van der Waals surface area contributed by atoms with Gasteiger partial charge in [0, 0.05) is 36.4 Å². The highest BCUT2D eigenvalue weighted by atomic mass is 16.7. The fourth-order valence-corrected chi connectivity index (χ4v) is 6.75. The summed E-state index contributed by atoms with van der Waals surface area (Å²) in [5, 5.41) is 3.68. The molecule has 0 radical (unpaired) electrons. The summed E-state index contributed by atoms with van der Waals surface area (Å²) in [4.78, 5) is 15.9. The van der Waals surface area contributed by atoms with Gasteiger partial charge >= 0.3 is 5.97 Å². The van der Waals surface area contributed by atoms with Gasteiger partial charge < -0.3 is 19.5 Å². The van der Waals surface area contributed by atoms with E-state index in [-0.39, 0.29) is 29.4 Å². The van der Waals surface area contributed by atoms with Gasteiger partial charge in [0.05, 0.1) is 30.8 Å². The first-order valence-electron chi connectivity index (χ1n) is 12.2. The topological polar surface area (TPSA) is 60.0 Å². The molecule has 3 heterocycles. The van der Waals surface area contributed by atoms with Crippen molar-refractivity contribution in [2.24, 2.45) is 5.92 Å². The number of nitrogens with one attached hydrogen (secondary N) is 1. The predicted octanol–water partition coefficient (Wildman–Crippen LogP) is 4.22. The van der Waals surface area contributed by atoms with E-state index in [2.05, 4.69) is 64.8 Å². The molecular formula is C28H32N2O4. The molecule has 6 nitrogen and oxygen atoms in total. The minimum absolute atomic E-state index is 0.111. The van der Waals surface area contributed by atoms with Gasteiger partial charge in [-0.1, -0.05) is 48.5 Å². The molecular weight excluding hydrogens is 428 g/mol. The third kappa shape index (κ3) is 3.23. The third-order valence-electron chi connectivity index (χ3n) is 8.15. The maximum absolute atomic E-state index is 13.3. The van der Waals surface area contributed by atoms with Gasteiger partial charge in [-0.05, 0) is 43.9 Å². The quantitative estimate of drug-likeness (QED) is 0.690. The number of ether oxygens (including phenoxy) is 3. The Morgan fingerprint density at radius 2 is 1.91 bits per heavy atom. The molecule has 1 spiro atoms. The molecule has 3 aliphatic heterocycles. The summed E-state index contributed by atoms with van der Waals surface area (Å²) >= 11 is 0. The van der Waals surface area contributed by atoms with Crippen molar-refractivity contribution < 1.29 is 19.0 Å². The standard InChI is InChI=1S/C28H32N2O4/c1-27(2)33-17-22(34-27)19-15-23-28(13-14-30(23)16-18-9-5-4-6-10-18)20-11-7-8-12-21(20)29-25(28)24(19)26(31)32-3/h4-12,19,22-23,29H,13-17H2,1-3H3. The van der Waals surface area contributed by atoms with Gasteiger partial charge in [0.2, 0.25) is 0 Å². The summed E-state index contributed by atoms with van der Waals surface area (Å²) < 4.78 is 17.6. The van der Waals surface area contributed by atoms with E-state index in [1.807, 2.05) is 13.8 Å². The van der Waals surface area contributed by atoms with Crippen LogP contribution in [-0.4, -0.2) is 49.1 Å². The number of carbonyl (C=O) groups excluding carboxylic acids is 1. The highest BCUT2D eigenvalue weighted by Gasteiger charge is 2.61. The Balaban J connectivity index is 1.49. The number of hydrogen-bond acceptors (Lipinski definition) is 6. The molecule has 2 fully saturated rings. The summed E-state index contributed by atoms with van der Waals surface area (Å²) in [5.41, 5.74) is 5.17. The van der Waals surface area contributed by atoms with Crippen molar-refractivity contribution in [1.82, 2.24) is 4.90 Å². The first-order chi connectivity index (χ1) is 16.4. The van der Waals surface area contributed by atoms with Crippen LogP contribution in [0, 0.1) is 5.92 Å². The molecule has 4 unspecified atom stereocenters. The molecule has 4 aliphatic rings. The fourth-order valence-electron chi connectivity index (χ4n) is 6.75. The van der Waals surface area contributed by atoms with Crippen LogP contribution in [0.3, 0.4) is 0 Å². The molecule has 6 heteroatoms. The summed E-state index contributed by atoms with van der Waals surface area (Å²) in [6, 6.07) is 19.4. The van der Waals surface area contributed by atoms with E-state index in [4.69, 9.17) is 14.2 Å². The molecule has 2 saturated heterocycles. The number of rotatable bonds is 4. The fraction of sp³-hybridized carbons (Fsp3) is 0.464. The molecule has 0 amide bonds. The van der Waals surface area contributed by atoms with Gasteiger partial charge in [0.1, 0.15) is 0 Å². The van der Waals surface area contributed by atoms with Gasteiger partial charge in [-0.25, -0.2) is 4.79 Å². The molecule has 0 saturated carbocycles. The minimum Gasteiger partial charge on any atom is -0.466 e. The number of benzene rings is 2. The van der Waals surface area contributed by atoms with Gasteiger partial charge in [0.25, 0.3) is 0 Å². The molecule has 1 aliphatic carbocycles. The molecule has 2 aromatic carbocycles. The van der Waals surface area contributed by atoms with Gasteiger partial charge in [0.15, 0.2) is 5.79 Å². The molecule has 4 atom stereocenters. The van der Waals surface area contributed by atoms with Crippen LogP contribution in [0.1, 0.15) is 37.8 Å². The first-order valence-corrected chi connectivity index (χ1v) is 12.2. The summed E-state index contributed by atoms with van der Waals surface area (Å²) in [6.07, 6.45) is 1.59. The molecule has 34 heavy (non-hydrogen) atoms. The van der Waals surface area contributed by atoms with E-state index < -0.39 is 5.79 Å². The highest BCUT2D eigenvalue weighted by molar-refractivity contribution is 5.93. The lowest BCUT2D eigenvalue weighted by Gasteiger charge is -2.45. The maximum Gasteiger partial charge on any atom is 0.335 e. The normalized spacial score (nSPS) is 31.6. The van der Waals surface area contributed by atoms with Gasteiger partial charge in [-0.3, -0.25) is 4.90 Å². The van der Waals surface area contributed by atoms with Crippen molar-refractivity contribution in [3.63, 3.8) is 0 Å². The Morgan fingerprint density at radius 1 is 1.15 bits per heavy atom. The van der Waals surface area contributed by atoms with Gasteiger partial charge in [-0.15, -0.1) is 0 Å². The smallest absolute Gasteiger partial charge is 0.335 e. The molecule has 0 bridgehead atoms. The van der Waals surface area contributed by atoms with E-state index in [0.717, 1.165) is 42.9 Å². The highest BCUT2D eigenvalue weighted by Crippen LogP contribution is 2.59. The lowest BCUT2D eigenvalue weighted by atomic mass is 9.63. The van der Waals surface area contributed by atoms with Crippen LogP contribution in [-0.2, 0) is 31.0 Å². The Hall–Kier alpha value is -2.67. The number of methoxy groups -OCH3 is 1. The molecule has 178 valence electrons. The second-order valence-corrected chi connectivity index (χ2v) is 10.4. The zero-order chi connectivity index (χ0) is 23.5. The monoisotopic (exact) mass is 460 g/mol. The second kappa shape index (κ2) is 7.94. The van der Waals surface area contributed by atoms with Crippen LogP contribution in [0.15, 0.2) is 65.9 Å². The maximum atomic E-state index is 13.3. The lowest BCUT2D eigenvalue weighted by molar-refractivity contribution is -0.148. The predicted molar refractivity (Wildman–Crippen MR) is 129 cm³/mol. The summed E-state index contributed by atoms with van der Waals surface area (Å²) in [6.45, 7) is 6.19. The van der Waals surface area contributed by atoms with Crippen LogP contribution >= 0.6 is 0 Å². The molecule has 1 N–H and O–H groups in total. The van der Waals surface area contributed by atoms with Crippen LogP contribution in [0.2, 0.25) is 0 Å². The summed E-state index contributed by atoms with van der Waals surface area (Å²) in [7, 11) is 1.47. The Kier molecular flexibility index (Phi) is 5.10. The van der Waals surface area contributed by atoms with E-state index in [9.17, 15) is 4.79 Å². The van der Waals surface area contributed by atoms with Gasteiger partial charge in [-0.2, -0.15) is 0 Å². The number of nitrogens with zero attached hydrogens (tertiary/aromatic N) is 1. The molecule has 0 aromatic heterocycles. The average molecular weight is 461 g/mol. The van der Waals surface area contributed by atoms with E-state index in [1.165, 1.54) is 18.2 Å².